The van der Waals surface area contributed by atoms with Crippen molar-refractivity contribution >= 4 is 65.2 Å². The Labute approximate surface area is 246 Å². The lowest BCUT2D eigenvalue weighted by atomic mass is 9.86. The molecule has 0 saturated heterocycles. The van der Waals surface area contributed by atoms with Crippen molar-refractivity contribution in [3.8, 4) is 0 Å². The summed E-state index contributed by atoms with van der Waals surface area (Å²) in [5.41, 5.74) is 4.85. The van der Waals surface area contributed by atoms with Crippen LogP contribution in [0.4, 0.5) is 11.4 Å². The van der Waals surface area contributed by atoms with Gasteiger partial charge in [-0.3, -0.25) is 4.90 Å². The lowest BCUT2D eigenvalue weighted by Crippen LogP contribution is -2.34. The highest BCUT2D eigenvalue weighted by Gasteiger charge is 2.24. The van der Waals surface area contributed by atoms with Crippen molar-refractivity contribution in [3.63, 3.8) is 0 Å². The van der Waals surface area contributed by atoms with Crippen LogP contribution in [0.5, 0.6) is 0 Å². The molecule has 0 bridgehead atoms. The standard InChI is InChI=1S/C39H33N3/c1-39(2,3)24-42-22-29-8-7-11-33-35(29)30(23-42)20-28-17-16-27-15-14-26-13-12-25-18-19-32(41-40-31-9-5-4-6-10-31)21-34(25)36(26)38(27)37(28)33/h4-21H,22-24H2,1-3H3. The second-order valence-corrected chi connectivity index (χ2v) is 13.0. The summed E-state index contributed by atoms with van der Waals surface area (Å²) in [5, 5.41) is 22.2. The first kappa shape index (κ1) is 25.1. The van der Waals surface area contributed by atoms with Crippen LogP contribution >= 0.6 is 0 Å². The fourth-order valence-electron chi connectivity index (χ4n) is 7.07. The number of hydrogen-bond acceptors (Lipinski definition) is 3. The Kier molecular flexibility index (Phi) is 5.67. The molecule has 7 aromatic rings. The lowest BCUT2D eigenvalue weighted by molar-refractivity contribution is 0.174. The molecule has 1 heterocycles. The predicted molar refractivity (Wildman–Crippen MR) is 178 cm³/mol. The van der Waals surface area contributed by atoms with E-state index in [9.17, 15) is 0 Å². The van der Waals surface area contributed by atoms with Gasteiger partial charge in [-0.1, -0.05) is 99.6 Å². The Balaban J connectivity index is 1.41. The summed E-state index contributed by atoms with van der Waals surface area (Å²) >= 11 is 0. The van der Waals surface area contributed by atoms with Gasteiger partial charge in [-0.25, -0.2) is 0 Å². The van der Waals surface area contributed by atoms with Crippen molar-refractivity contribution in [2.75, 3.05) is 6.54 Å². The average molecular weight is 544 g/mol. The molecular weight excluding hydrogens is 510 g/mol. The zero-order valence-corrected chi connectivity index (χ0v) is 24.4. The number of rotatable bonds is 3. The molecule has 0 unspecified atom stereocenters. The molecular formula is C39H33N3. The number of fused-ring (bicyclic) bond motifs is 8. The number of azo groups is 1. The Morgan fingerprint density at radius 1 is 0.524 bits per heavy atom. The molecule has 8 rings (SSSR count). The van der Waals surface area contributed by atoms with Gasteiger partial charge in [-0.05, 0) is 101 Å². The van der Waals surface area contributed by atoms with Crippen molar-refractivity contribution < 1.29 is 0 Å². The van der Waals surface area contributed by atoms with Crippen molar-refractivity contribution in [2.24, 2.45) is 15.6 Å². The van der Waals surface area contributed by atoms with Crippen LogP contribution < -0.4 is 0 Å². The van der Waals surface area contributed by atoms with E-state index >= 15 is 0 Å². The molecule has 7 aromatic carbocycles. The molecule has 204 valence electrons. The van der Waals surface area contributed by atoms with Crippen LogP contribution in [0.3, 0.4) is 0 Å². The summed E-state index contributed by atoms with van der Waals surface area (Å²) in [5.74, 6) is 0. The molecule has 42 heavy (non-hydrogen) atoms. The van der Waals surface area contributed by atoms with Gasteiger partial charge in [-0.2, -0.15) is 10.2 Å². The van der Waals surface area contributed by atoms with Crippen LogP contribution in [-0.2, 0) is 13.1 Å². The maximum atomic E-state index is 4.62. The number of hydrogen-bond donors (Lipinski definition) is 0. The van der Waals surface area contributed by atoms with Crippen molar-refractivity contribution in [1.29, 1.82) is 0 Å². The molecule has 0 aliphatic carbocycles. The maximum absolute atomic E-state index is 4.62. The second-order valence-electron chi connectivity index (χ2n) is 13.0. The van der Waals surface area contributed by atoms with Crippen molar-refractivity contribution in [1.82, 2.24) is 4.90 Å². The quantitative estimate of drug-likeness (QED) is 0.161. The van der Waals surface area contributed by atoms with E-state index in [0.717, 1.165) is 31.0 Å². The smallest absolute Gasteiger partial charge is 0.0863 e. The molecule has 1 aliphatic rings. The summed E-state index contributed by atoms with van der Waals surface area (Å²) < 4.78 is 0. The van der Waals surface area contributed by atoms with Gasteiger partial charge in [0.05, 0.1) is 11.4 Å². The van der Waals surface area contributed by atoms with Crippen molar-refractivity contribution in [3.05, 3.63) is 120 Å². The highest BCUT2D eigenvalue weighted by Crippen LogP contribution is 2.43. The van der Waals surface area contributed by atoms with E-state index in [-0.39, 0.29) is 5.41 Å². The molecule has 3 nitrogen and oxygen atoms in total. The van der Waals surface area contributed by atoms with E-state index in [1.165, 1.54) is 65.0 Å². The first-order chi connectivity index (χ1) is 20.4. The summed E-state index contributed by atoms with van der Waals surface area (Å²) in [6, 6.07) is 39.4. The van der Waals surface area contributed by atoms with Crippen LogP contribution in [0.1, 0.15) is 31.9 Å². The monoisotopic (exact) mass is 543 g/mol. The SMILES string of the molecule is CC(C)(C)CN1Cc2cccc3c2c(cc2ccc4ccc5ccc6ccc(N=Nc7ccccc7)cc6c5c4c23)C1. The van der Waals surface area contributed by atoms with E-state index in [0.29, 0.717) is 0 Å². The Morgan fingerprint density at radius 2 is 1.17 bits per heavy atom. The first-order valence-corrected chi connectivity index (χ1v) is 14.9. The summed E-state index contributed by atoms with van der Waals surface area (Å²) in [6.07, 6.45) is 0. The molecule has 0 N–H and O–H groups in total. The summed E-state index contributed by atoms with van der Waals surface area (Å²) in [6.45, 7) is 10.1. The zero-order chi connectivity index (χ0) is 28.4. The first-order valence-electron chi connectivity index (χ1n) is 14.9. The Morgan fingerprint density at radius 3 is 1.95 bits per heavy atom. The highest BCUT2D eigenvalue weighted by molar-refractivity contribution is 6.32. The predicted octanol–water partition coefficient (Wildman–Crippen LogP) is 11.2. The minimum Gasteiger partial charge on any atom is -0.294 e. The second kappa shape index (κ2) is 9.47. The minimum absolute atomic E-state index is 0.262. The van der Waals surface area contributed by atoms with Gasteiger partial charge in [0.25, 0.3) is 0 Å². The third-order valence-electron chi connectivity index (χ3n) is 8.59. The highest BCUT2D eigenvalue weighted by atomic mass is 15.1. The van der Waals surface area contributed by atoms with Crippen LogP contribution in [0.2, 0.25) is 0 Å². The normalized spacial score (nSPS) is 14.3. The fraction of sp³-hybridized carbons (Fsp3) is 0.179. The summed E-state index contributed by atoms with van der Waals surface area (Å²) in [7, 11) is 0. The van der Waals surface area contributed by atoms with E-state index < -0.39 is 0 Å². The average Bonchev–Trinajstić information content (AvgIpc) is 2.99. The molecule has 3 heteroatoms. The van der Waals surface area contributed by atoms with E-state index in [2.05, 4.69) is 115 Å². The van der Waals surface area contributed by atoms with Crippen LogP contribution in [0, 0.1) is 5.41 Å². The molecule has 0 fully saturated rings. The summed E-state index contributed by atoms with van der Waals surface area (Å²) in [4.78, 5) is 2.61. The fourth-order valence-corrected chi connectivity index (χ4v) is 7.07. The third kappa shape index (κ3) is 4.24. The minimum atomic E-state index is 0.262. The van der Waals surface area contributed by atoms with Crippen molar-refractivity contribution in [2.45, 2.75) is 33.9 Å². The molecule has 0 spiro atoms. The third-order valence-corrected chi connectivity index (χ3v) is 8.59. The van der Waals surface area contributed by atoms with Gasteiger partial charge in [0.1, 0.15) is 0 Å². The largest absolute Gasteiger partial charge is 0.294 e. The van der Waals surface area contributed by atoms with Crippen LogP contribution in [-0.4, -0.2) is 11.4 Å². The topological polar surface area (TPSA) is 28.0 Å². The van der Waals surface area contributed by atoms with E-state index in [1.54, 1.807) is 0 Å². The molecule has 0 aromatic heterocycles. The van der Waals surface area contributed by atoms with E-state index in [1.807, 2.05) is 30.3 Å². The molecule has 0 atom stereocenters. The number of nitrogens with zero attached hydrogens (tertiary/aromatic N) is 3. The lowest BCUT2D eigenvalue weighted by Gasteiger charge is -2.34. The molecule has 0 amide bonds. The maximum Gasteiger partial charge on any atom is 0.0863 e. The molecule has 0 radical (unpaired) electrons. The zero-order valence-electron chi connectivity index (χ0n) is 24.4. The van der Waals surface area contributed by atoms with Gasteiger partial charge in [0, 0.05) is 19.6 Å². The number of benzene rings is 7. The Bertz CT molecular complexity index is 2200. The Hall–Kier alpha value is -4.60. The van der Waals surface area contributed by atoms with Gasteiger partial charge < -0.3 is 0 Å². The van der Waals surface area contributed by atoms with E-state index in [4.69, 9.17) is 0 Å². The molecule has 1 aliphatic heterocycles. The van der Waals surface area contributed by atoms with Crippen LogP contribution in [0.25, 0.3) is 53.9 Å². The van der Waals surface area contributed by atoms with Gasteiger partial charge in [-0.15, -0.1) is 0 Å². The van der Waals surface area contributed by atoms with Gasteiger partial charge in [0.15, 0.2) is 0 Å². The van der Waals surface area contributed by atoms with Gasteiger partial charge >= 0.3 is 0 Å². The van der Waals surface area contributed by atoms with Gasteiger partial charge in [0.2, 0.25) is 0 Å². The van der Waals surface area contributed by atoms with Crippen LogP contribution in [0.15, 0.2) is 119 Å². The molecule has 0 saturated carbocycles.